The van der Waals surface area contributed by atoms with Crippen molar-refractivity contribution in [2.45, 2.75) is 13.5 Å². The molecule has 0 aliphatic rings. The molecular formula is C24H19ClN12O7. The molecule has 0 saturated carbocycles. The number of aromatic nitrogens is 7. The van der Waals surface area contributed by atoms with Gasteiger partial charge in [-0.05, 0) is 58.1 Å². The van der Waals surface area contributed by atoms with E-state index in [4.69, 9.17) is 22.1 Å². The van der Waals surface area contributed by atoms with Crippen molar-refractivity contribution in [3.63, 3.8) is 0 Å². The van der Waals surface area contributed by atoms with Crippen molar-refractivity contribution < 1.29 is 24.0 Å². The fraction of sp³-hybridized carbons (Fsp3) is 0.125. The molecule has 3 aromatic heterocycles. The minimum absolute atomic E-state index is 0.0572. The lowest BCUT2D eigenvalue weighted by Crippen LogP contribution is -2.19. The summed E-state index contributed by atoms with van der Waals surface area (Å²) in [6.45, 7) is 1.70. The number of nitrogen functional groups attached to an aromatic ring is 1. The van der Waals surface area contributed by atoms with E-state index in [9.17, 15) is 25.0 Å². The Morgan fingerprint density at radius 2 is 1.93 bits per heavy atom. The van der Waals surface area contributed by atoms with E-state index in [-0.39, 0.29) is 40.3 Å². The first-order chi connectivity index (χ1) is 21.1. The average Bonchev–Trinajstić information content (AvgIpc) is 3.71. The minimum Gasteiger partial charge on any atom is -0.496 e. The molecule has 2 aromatic carbocycles. The molecule has 0 bridgehead atoms. The third kappa shape index (κ3) is 5.61. The molecule has 20 heteroatoms. The van der Waals surface area contributed by atoms with Crippen molar-refractivity contribution in [2.24, 2.45) is 5.10 Å². The quantitative estimate of drug-likeness (QED) is 0.129. The number of carbonyl (C=O) groups is 1. The lowest BCUT2D eigenvalue weighted by atomic mass is 10.1. The summed E-state index contributed by atoms with van der Waals surface area (Å²) < 4.78 is 12.5. The summed E-state index contributed by atoms with van der Waals surface area (Å²) in [6.07, 6.45) is 1.35. The number of nitrogens with zero attached hydrogens (tertiary/aromatic N) is 10. The number of methoxy groups -OCH3 is 1. The zero-order valence-electron chi connectivity index (χ0n) is 22.6. The van der Waals surface area contributed by atoms with E-state index in [1.807, 2.05) is 0 Å². The van der Waals surface area contributed by atoms with Crippen molar-refractivity contribution in [3.8, 4) is 22.8 Å². The predicted octanol–water partition coefficient (Wildman–Crippen LogP) is 2.70. The molecule has 5 aromatic rings. The predicted molar refractivity (Wildman–Crippen MR) is 152 cm³/mol. The highest BCUT2D eigenvalue weighted by atomic mass is 35.5. The van der Waals surface area contributed by atoms with E-state index < -0.39 is 21.6 Å². The van der Waals surface area contributed by atoms with Crippen LogP contribution in [0, 0.1) is 27.2 Å². The second-order valence-electron chi connectivity index (χ2n) is 8.88. The zero-order valence-corrected chi connectivity index (χ0v) is 23.4. The third-order valence-electron chi connectivity index (χ3n) is 6.23. The van der Waals surface area contributed by atoms with Gasteiger partial charge in [-0.3, -0.25) is 14.9 Å². The van der Waals surface area contributed by atoms with Gasteiger partial charge in [0.25, 0.3) is 11.6 Å². The average molecular weight is 623 g/mol. The Labute approximate surface area is 250 Å². The number of benzene rings is 2. The van der Waals surface area contributed by atoms with Crippen LogP contribution in [0.5, 0.6) is 5.75 Å². The summed E-state index contributed by atoms with van der Waals surface area (Å²) in [7, 11) is 1.47. The van der Waals surface area contributed by atoms with Crippen molar-refractivity contribution in [1.29, 1.82) is 0 Å². The molecule has 0 atom stereocenters. The number of nitrogens with two attached hydrogens (primary N) is 1. The number of nitro benzene ring substituents is 1. The lowest BCUT2D eigenvalue weighted by molar-refractivity contribution is -0.389. The molecule has 0 spiro atoms. The maximum Gasteiger partial charge on any atom is 0.408 e. The van der Waals surface area contributed by atoms with Crippen molar-refractivity contribution in [1.82, 2.24) is 40.5 Å². The number of hydrogen-bond acceptors (Lipinski definition) is 14. The molecular weight excluding hydrogens is 604 g/mol. The van der Waals surface area contributed by atoms with Gasteiger partial charge in [0.15, 0.2) is 10.7 Å². The molecule has 3 N–H and O–H groups in total. The van der Waals surface area contributed by atoms with Crippen LogP contribution >= 0.6 is 11.6 Å². The standard InChI is InChI=1S/C24H19ClN12O7/c1-12-18(25)22(37(41)42)30-34(12)11-15-9-13(3-8-17(15)43-2)10-27-29-24(38)19-20(14-4-6-16(7-5-14)36(39)40)35(33-28-19)23-21(26)31-44-32-23/h3-10H,11H2,1-2H3,(H2,26,31)(H,29,38)/b27-10+. The number of hydrogen-bond donors (Lipinski definition) is 2. The molecule has 0 aliphatic heterocycles. The minimum atomic E-state index is -0.779. The van der Waals surface area contributed by atoms with E-state index in [0.717, 1.165) is 4.68 Å². The van der Waals surface area contributed by atoms with Crippen molar-refractivity contribution >= 4 is 41.0 Å². The SMILES string of the molecule is COc1ccc(/C=N/NC(=O)c2nnn(-c3nonc3N)c2-c2ccc([N+](=O)[O-])cc2)cc1Cn1nc([N+](=O)[O-])c(Cl)c1C. The van der Waals surface area contributed by atoms with Gasteiger partial charge in [-0.15, -0.1) is 5.10 Å². The van der Waals surface area contributed by atoms with Crippen LogP contribution in [-0.2, 0) is 6.54 Å². The number of rotatable bonds is 10. The molecule has 224 valence electrons. The van der Waals surface area contributed by atoms with Gasteiger partial charge in [0.1, 0.15) is 11.4 Å². The lowest BCUT2D eigenvalue weighted by Gasteiger charge is -2.09. The topological polar surface area (TPSA) is 250 Å². The van der Waals surface area contributed by atoms with Gasteiger partial charge < -0.3 is 20.6 Å². The second-order valence-corrected chi connectivity index (χ2v) is 9.26. The van der Waals surface area contributed by atoms with E-state index >= 15 is 0 Å². The summed E-state index contributed by atoms with van der Waals surface area (Å²) in [5.74, 6) is -0.959. The number of anilines is 1. The third-order valence-corrected chi connectivity index (χ3v) is 6.67. The van der Waals surface area contributed by atoms with Gasteiger partial charge in [0.2, 0.25) is 11.6 Å². The molecule has 3 heterocycles. The summed E-state index contributed by atoms with van der Waals surface area (Å²) in [4.78, 5) is 34.3. The fourth-order valence-electron chi connectivity index (χ4n) is 4.08. The molecule has 44 heavy (non-hydrogen) atoms. The summed E-state index contributed by atoms with van der Waals surface area (Å²) in [6, 6.07) is 10.3. The number of hydrazone groups is 1. The van der Waals surface area contributed by atoms with Crippen LogP contribution in [-0.4, -0.2) is 64.2 Å². The van der Waals surface area contributed by atoms with Gasteiger partial charge in [-0.25, -0.2) is 10.1 Å². The normalized spacial score (nSPS) is 11.2. The Balaban J connectivity index is 1.41. The number of carbonyl (C=O) groups excluding carboxylic acids is 1. The van der Waals surface area contributed by atoms with Gasteiger partial charge in [0, 0.05) is 23.3 Å². The summed E-state index contributed by atoms with van der Waals surface area (Å²) in [5.41, 5.74) is 9.73. The van der Waals surface area contributed by atoms with E-state index in [2.05, 4.69) is 40.9 Å². The van der Waals surface area contributed by atoms with Gasteiger partial charge in [0.05, 0.1) is 35.6 Å². The van der Waals surface area contributed by atoms with Crippen LogP contribution in [0.3, 0.4) is 0 Å². The number of non-ortho nitro benzene ring substituents is 1. The zero-order chi connectivity index (χ0) is 31.5. The summed E-state index contributed by atoms with van der Waals surface area (Å²) >= 11 is 6.06. The van der Waals surface area contributed by atoms with E-state index in [1.165, 1.54) is 42.3 Å². The van der Waals surface area contributed by atoms with Crippen LogP contribution in [0.15, 0.2) is 52.2 Å². The molecule has 0 unspecified atom stereocenters. The monoisotopic (exact) mass is 622 g/mol. The van der Waals surface area contributed by atoms with Crippen LogP contribution in [0.4, 0.5) is 17.3 Å². The van der Waals surface area contributed by atoms with Crippen molar-refractivity contribution in [2.75, 3.05) is 12.8 Å². The highest BCUT2D eigenvalue weighted by molar-refractivity contribution is 6.33. The van der Waals surface area contributed by atoms with E-state index in [0.29, 0.717) is 28.1 Å². The number of nitro groups is 2. The highest BCUT2D eigenvalue weighted by Gasteiger charge is 2.26. The maximum atomic E-state index is 13.2. The Kier molecular flexibility index (Phi) is 7.94. The Morgan fingerprint density at radius 1 is 1.18 bits per heavy atom. The molecule has 0 fully saturated rings. The van der Waals surface area contributed by atoms with Gasteiger partial charge in [-0.1, -0.05) is 16.8 Å². The first-order valence-electron chi connectivity index (χ1n) is 12.3. The first kappa shape index (κ1) is 29.3. The van der Waals surface area contributed by atoms with Crippen molar-refractivity contribution in [3.05, 3.63) is 90.2 Å². The Hall–Kier alpha value is -6.24. The maximum absolute atomic E-state index is 13.2. The van der Waals surface area contributed by atoms with Crippen LogP contribution < -0.4 is 15.9 Å². The smallest absolute Gasteiger partial charge is 0.408 e. The van der Waals surface area contributed by atoms with Crippen LogP contribution in [0.1, 0.15) is 27.3 Å². The number of nitrogens with one attached hydrogen (secondary N) is 1. The number of amides is 1. The molecule has 0 saturated heterocycles. The number of halogens is 1. The summed E-state index contributed by atoms with van der Waals surface area (Å²) in [5, 5.41) is 45.3. The Morgan fingerprint density at radius 3 is 2.55 bits per heavy atom. The molecule has 1 amide bonds. The molecule has 5 rings (SSSR count). The van der Waals surface area contributed by atoms with Crippen LogP contribution in [0.25, 0.3) is 17.1 Å². The van der Waals surface area contributed by atoms with Gasteiger partial charge >= 0.3 is 5.82 Å². The first-order valence-corrected chi connectivity index (χ1v) is 12.6. The van der Waals surface area contributed by atoms with Gasteiger partial charge in [-0.2, -0.15) is 14.5 Å². The molecule has 0 aliphatic carbocycles. The fourth-order valence-corrected chi connectivity index (χ4v) is 4.29. The molecule has 19 nitrogen and oxygen atoms in total. The van der Waals surface area contributed by atoms with E-state index in [1.54, 1.807) is 25.1 Å². The second kappa shape index (κ2) is 11.9. The largest absolute Gasteiger partial charge is 0.496 e. The molecule has 0 radical (unpaired) electrons. The Bertz CT molecular complexity index is 1930. The highest BCUT2D eigenvalue weighted by Crippen LogP contribution is 2.30. The number of ether oxygens (including phenoxy) is 1. The van der Waals surface area contributed by atoms with Crippen LogP contribution in [0.2, 0.25) is 5.02 Å².